The van der Waals surface area contributed by atoms with Gasteiger partial charge in [-0.25, -0.2) is 4.98 Å². The molecule has 0 aliphatic carbocycles. The highest BCUT2D eigenvalue weighted by atomic mass is 16.5. The lowest BCUT2D eigenvalue weighted by molar-refractivity contribution is 0.411. The molecule has 0 atom stereocenters. The second-order valence-electron chi connectivity index (χ2n) is 5.87. The first-order valence-corrected chi connectivity index (χ1v) is 7.87. The van der Waals surface area contributed by atoms with E-state index in [1.807, 2.05) is 31.3 Å². The second kappa shape index (κ2) is 5.60. The van der Waals surface area contributed by atoms with Crippen molar-refractivity contribution in [3.05, 3.63) is 71.1 Å². The molecule has 3 aromatic rings. The predicted octanol–water partition coefficient (Wildman–Crippen LogP) is 3.24. The van der Waals surface area contributed by atoms with E-state index in [9.17, 15) is 0 Å². The van der Waals surface area contributed by atoms with Crippen molar-refractivity contribution in [2.24, 2.45) is 4.99 Å². The number of ether oxygens (including phenoxy) is 1. The Morgan fingerprint density at radius 3 is 2.75 bits per heavy atom. The average molecular weight is 318 g/mol. The van der Waals surface area contributed by atoms with Gasteiger partial charge in [0.05, 0.1) is 30.7 Å². The molecular formula is C19H18N4O. The van der Waals surface area contributed by atoms with Crippen LogP contribution in [0.1, 0.15) is 28.3 Å². The number of aliphatic imine (C=N–C) groups is 1. The third kappa shape index (κ3) is 2.21. The number of rotatable bonds is 2. The first kappa shape index (κ1) is 14.6. The number of aryl methyl sites for hydroxylation is 2. The molecule has 0 fully saturated rings. The van der Waals surface area contributed by atoms with Crippen molar-refractivity contribution in [1.82, 2.24) is 14.5 Å². The van der Waals surface area contributed by atoms with Gasteiger partial charge in [0.2, 0.25) is 0 Å². The van der Waals surface area contributed by atoms with E-state index < -0.39 is 0 Å². The highest BCUT2D eigenvalue weighted by molar-refractivity contribution is 6.14. The molecule has 120 valence electrons. The molecule has 2 aromatic heterocycles. The number of fused-ring (bicyclic) bond motifs is 3. The number of hydrogen-bond donors (Lipinski definition) is 0. The fraction of sp³-hybridized carbons (Fsp3) is 0.211. The van der Waals surface area contributed by atoms with Crippen molar-refractivity contribution in [3.63, 3.8) is 0 Å². The molecule has 24 heavy (non-hydrogen) atoms. The smallest absolute Gasteiger partial charge is 0.135 e. The summed E-state index contributed by atoms with van der Waals surface area (Å²) >= 11 is 0. The van der Waals surface area contributed by atoms with E-state index in [-0.39, 0.29) is 0 Å². The summed E-state index contributed by atoms with van der Waals surface area (Å²) in [6.45, 7) is 4.62. The number of methoxy groups -OCH3 is 1. The van der Waals surface area contributed by atoms with Crippen LogP contribution in [0.2, 0.25) is 0 Å². The van der Waals surface area contributed by atoms with Crippen molar-refractivity contribution >= 4 is 5.71 Å². The number of aromatic nitrogens is 3. The third-order valence-electron chi connectivity index (χ3n) is 4.31. The summed E-state index contributed by atoms with van der Waals surface area (Å²) in [5, 5.41) is 0. The van der Waals surface area contributed by atoms with Gasteiger partial charge < -0.3 is 4.74 Å². The summed E-state index contributed by atoms with van der Waals surface area (Å²) in [4.78, 5) is 13.8. The molecule has 0 saturated heterocycles. The van der Waals surface area contributed by atoms with E-state index in [4.69, 9.17) is 9.73 Å². The molecular weight excluding hydrogens is 300 g/mol. The molecule has 0 N–H and O–H groups in total. The summed E-state index contributed by atoms with van der Waals surface area (Å²) < 4.78 is 7.68. The van der Waals surface area contributed by atoms with Crippen LogP contribution in [0.25, 0.3) is 5.69 Å². The van der Waals surface area contributed by atoms with E-state index in [2.05, 4.69) is 33.6 Å². The van der Waals surface area contributed by atoms with Crippen molar-refractivity contribution in [1.29, 1.82) is 0 Å². The lowest BCUT2D eigenvalue weighted by Crippen LogP contribution is -2.10. The minimum absolute atomic E-state index is 0.524. The van der Waals surface area contributed by atoms with Crippen LogP contribution in [-0.4, -0.2) is 27.4 Å². The highest BCUT2D eigenvalue weighted by Crippen LogP contribution is 2.31. The minimum atomic E-state index is 0.524. The van der Waals surface area contributed by atoms with Gasteiger partial charge in [-0.1, -0.05) is 6.07 Å². The van der Waals surface area contributed by atoms with Crippen LogP contribution >= 0.6 is 0 Å². The van der Waals surface area contributed by atoms with Crippen molar-refractivity contribution in [3.8, 4) is 11.4 Å². The zero-order chi connectivity index (χ0) is 16.7. The molecule has 4 rings (SSSR count). The summed E-state index contributed by atoms with van der Waals surface area (Å²) in [6, 6.07) is 10.1. The summed E-state index contributed by atoms with van der Waals surface area (Å²) in [7, 11) is 1.70. The average Bonchev–Trinajstić information content (AvgIpc) is 2.89. The topological polar surface area (TPSA) is 52.3 Å². The van der Waals surface area contributed by atoms with Gasteiger partial charge in [0, 0.05) is 29.7 Å². The molecule has 5 nitrogen and oxygen atoms in total. The molecule has 0 unspecified atom stereocenters. The highest BCUT2D eigenvalue weighted by Gasteiger charge is 2.22. The van der Waals surface area contributed by atoms with Gasteiger partial charge in [-0.2, -0.15) is 0 Å². The lowest BCUT2D eigenvalue weighted by atomic mass is 10.0. The Labute approximate surface area is 140 Å². The number of pyridine rings is 1. The summed E-state index contributed by atoms with van der Waals surface area (Å²) in [5.74, 6) is 1.78. The minimum Gasteiger partial charge on any atom is -0.496 e. The first-order valence-electron chi connectivity index (χ1n) is 7.87. The normalized spacial score (nSPS) is 12.9. The predicted molar refractivity (Wildman–Crippen MR) is 93.2 cm³/mol. The zero-order valence-corrected chi connectivity index (χ0v) is 13.9. The maximum Gasteiger partial charge on any atom is 0.135 e. The molecule has 0 bridgehead atoms. The van der Waals surface area contributed by atoms with E-state index >= 15 is 0 Å². The molecule has 1 aromatic carbocycles. The molecule has 0 radical (unpaired) electrons. The fourth-order valence-electron chi connectivity index (χ4n) is 3.16. The second-order valence-corrected chi connectivity index (χ2v) is 5.87. The lowest BCUT2D eigenvalue weighted by Gasteiger charge is -2.16. The van der Waals surface area contributed by atoms with Crippen LogP contribution < -0.4 is 4.74 Å². The Balaban J connectivity index is 2.03. The van der Waals surface area contributed by atoms with Crippen molar-refractivity contribution in [2.75, 3.05) is 7.11 Å². The Bertz CT molecular complexity index is 942. The fourth-order valence-corrected chi connectivity index (χ4v) is 3.16. The van der Waals surface area contributed by atoms with Gasteiger partial charge in [0.25, 0.3) is 0 Å². The first-order chi connectivity index (χ1) is 11.7. The Morgan fingerprint density at radius 1 is 1.12 bits per heavy atom. The standard InChI is InChI=1S/C19H18N4O/c1-12-8-14-16(9-17(12)24-3)23-13(2)10-21-18(23)11-22-19(14)15-6-4-5-7-20-15/h4-10H,11H2,1-3H3. The molecule has 1 aliphatic heterocycles. The van der Waals surface area contributed by atoms with Gasteiger partial charge in [-0.05, 0) is 37.6 Å². The van der Waals surface area contributed by atoms with Gasteiger partial charge in [-0.3, -0.25) is 14.5 Å². The van der Waals surface area contributed by atoms with Crippen LogP contribution in [0, 0.1) is 13.8 Å². The Hall–Kier alpha value is -2.95. The zero-order valence-electron chi connectivity index (χ0n) is 13.9. The maximum absolute atomic E-state index is 5.54. The van der Waals surface area contributed by atoms with Gasteiger partial charge in [0.1, 0.15) is 11.6 Å². The van der Waals surface area contributed by atoms with Gasteiger partial charge in [0.15, 0.2) is 0 Å². The van der Waals surface area contributed by atoms with E-state index in [1.54, 1.807) is 13.3 Å². The number of nitrogens with zero attached hydrogens (tertiary/aromatic N) is 4. The third-order valence-corrected chi connectivity index (χ3v) is 4.31. The summed E-state index contributed by atoms with van der Waals surface area (Å²) in [6.07, 6.45) is 3.68. The molecule has 5 heteroatoms. The summed E-state index contributed by atoms with van der Waals surface area (Å²) in [5.41, 5.74) is 5.99. The quantitative estimate of drug-likeness (QED) is 0.729. The van der Waals surface area contributed by atoms with Crippen molar-refractivity contribution < 1.29 is 4.74 Å². The molecule has 1 aliphatic rings. The number of hydrogen-bond acceptors (Lipinski definition) is 4. The van der Waals surface area contributed by atoms with E-state index in [1.165, 1.54) is 0 Å². The van der Waals surface area contributed by atoms with Crippen LogP contribution in [0.3, 0.4) is 0 Å². The molecule has 0 saturated carbocycles. The van der Waals surface area contributed by atoms with Crippen LogP contribution in [-0.2, 0) is 6.54 Å². The van der Waals surface area contributed by atoms with Crippen molar-refractivity contribution in [2.45, 2.75) is 20.4 Å². The van der Waals surface area contributed by atoms with Crippen LogP contribution in [0.5, 0.6) is 5.75 Å². The Kier molecular flexibility index (Phi) is 3.41. The largest absolute Gasteiger partial charge is 0.496 e. The van der Waals surface area contributed by atoms with Gasteiger partial charge >= 0.3 is 0 Å². The van der Waals surface area contributed by atoms with Crippen LogP contribution in [0.15, 0.2) is 47.7 Å². The monoisotopic (exact) mass is 318 g/mol. The molecule has 0 amide bonds. The number of imidazole rings is 1. The maximum atomic E-state index is 5.54. The Morgan fingerprint density at radius 2 is 2.00 bits per heavy atom. The molecule has 0 spiro atoms. The van der Waals surface area contributed by atoms with Gasteiger partial charge in [-0.15, -0.1) is 0 Å². The van der Waals surface area contributed by atoms with E-state index in [0.717, 1.165) is 45.5 Å². The van der Waals surface area contributed by atoms with Crippen LogP contribution in [0.4, 0.5) is 0 Å². The molecule has 3 heterocycles. The SMILES string of the molecule is COc1cc2c(cc1C)C(c1ccccn1)=NCc1ncc(C)n1-2. The number of benzene rings is 1. The van der Waals surface area contributed by atoms with E-state index in [0.29, 0.717) is 6.54 Å².